The molecule has 0 atom stereocenters. The van der Waals surface area contributed by atoms with Crippen molar-refractivity contribution >= 4 is 0 Å². The Morgan fingerprint density at radius 2 is 0.636 bits per heavy atom. The Labute approximate surface area is 195 Å². The molecule has 4 aromatic carbocycles. The van der Waals surface area contributed by atoms with Gasteiger partial charge in [0.2, 0.25) is 0 Å². The standard InChI is InChI=1S/C30H30O3/c1-16-7-10-22(31)13-25(16)28-19(4)29(26-14-23(32)11-8-17(26)2)21(6)30(20(28)5)27-15-24(33)12-9-18(27)3/h7-15,31-33H,1-6H3. The van der Waals surface area contributed by atoms with Crippen LogP contribution in [0, 0.1) is 41.5 Å². The van der Waals surface area contributed by atoms with E-state index in [1.165, 1.54) is 0 Å². The molecule has 0 aliphatic carbocycles. The van der Waals surface area contributed by atoms with Gasteiger partial charge in [0.05, 0.1) is 0 Å². The molecule has 0 aliphatic heterocycles. The zero-order valence-electron chi connectivity index (χ0n) is 20.0. The van der Waals surface area contributed by atoms with Crippen LogP contribution in [-0.4, -0.2) is 15.3 Å². The van der Waals surface area contributed by atoms with Crippen molar-refractivity contribution in [2.24, 2.45) is 0 Å². The first-order valence-electron chi connectivity index (χ1n) is 11.1. The molecular formula is C30H30O3. The van der Waals surface area contributed by atoms with E-state index in [-0.39, 0.29) is 17.2 Å². The van der Waals surface area contributed by atoms with E-state index in [4.69, 9.17) is 0 Å². The summed E-state index contributed by atoms with van der Waals surface area (Å²) in [4.78, 5) is 0. The van der Waals surface area contributed by atoms with Crippen molar-refractivity contribution in [1.29, 1.82) is 0 Å². The van der Waals surface area contributed by atoms with Crippen LogP contribution in [0.1, 0.15) is 33.4 Å². The molecule has 0 spiro atoms. The van der Waals surface area contributed by atoms with Gasteiger partial charge in [-0.3, -0.25) is 0 Å². The molecule has 0 aromatic heterocycles. The molecule has 0 amide bonds. The lowest BCUT2D eigenvalue weighted by Crippen LogP contribution is -2.03. The van der Waals surface area contributed by atoms with E-state index in [0.29, 0.717) is 0 Å². The molecule has 0 aliphatic rings. The highest BCUT2D eigenvalue weighted by atomic mass is 16.3. The second-order valence-electron chi connectivity index (χ2n) is 9.00. The number of hydrogen-bond donors (Lipinski definition) is 3. The molecule has 168 valence electrons. The minimum Gasteiger partial charge on any atom is -0.508 e. The van der Waals surface area contributed by atoms with Gasteiger partial charge in [-0.1, -0.05) is 18.2 Å². The highest BCUT2D eigenvalue weighted by molar-refractivity contribution is 5.93. The zero-order chi connectivity index (χ0) is 24.0. The summed E-state index contributed by atoms with van der Waals surface area (Å²) in [7, 11) is 0. The third-order valence-electron chi connectivity index (χ3n) is 6.72. The Kier molecular flexibility index (Phi) is 5.67. The Morgan fingerprint density at radius 1 is 0.394 bits per heavy atom. The molecule has 0 saturated heterocycles. The van der Waals surface area contributed by atoms with E-state index in [2.05, 4.69) is 20.8 Å². The third kappa shape index (κ3) is 3.84. The fraction of sp³-hybridized carbons (Fsp3) is 0.200. The second kappa shape index (κ2) is 8.32. The number of aryl methyl sites for hydroxylation is 3. The molecule has 3 nitrogen and oxygen atoms in total. The van der Waals surface area contributed by atoms with Crippen LogP contribution < -0.4 is 0 Å². The molecule has 4 aromatic rings. The molecule has 4 rings (SSSR count). The molecule has 3 N–H and O–H groups in total. The summed E-state index contributed by atoms with van der Waals surface area (Å²) >= 11 is 0. The van der Waals surface area contributed by atoms with Crippen LogP contribution in [0.5, 0.6) is 17.2 Å². The third-order valence-corrected chi connectivity index (χ3v) is 6.72. The number of phenolic OH excluding ortho intramolecular Hbond substituents is 3. The van der Waals surface area contributed by atoms with Gasteiger partial charge in [-0.05, 0) is 145 Å². The smallest absolute Gasteiger partial charge is 0.116 e. The average Bonchev–Trinajstić information content (AvgIpc) is 2.75. The normalized spacial score (nSPS) is 11.1. The fourth-order valence-corrected chi connectivity index (χ4v) is 5.07. The number of rotatable bonds is 3. The van der Waals surface area contributed by atoms with Crippen molar-refractivity contribution in [2.45, 2.75) is 41.5 Å². The average molecular weight is 439 g/mol. The highest BCUT2D eigenvalue weighted by Crippen LogP contribution is 2.47. The Hall–Kier alpha value is -3.72. The van der Waals surface area contributed by atoms with Crippen LogP contribution in [-0.2, 0) is 0 Å². The molecule has 0 fully saturated rings. The summed E-state index contributed by atoms with van der Waals surface area (Å²) in [6.45, 7) is 12.5. The lowest BCUT2D eigenvalue weighted by atomic mass is 9.78. The van der Waals surface area contributed by atoms with Gasteiger partial charge < -0.3 is 15.3 Å². The van der Waals surface area contributed by atoms with Gasteiger partial charge in [0, 0.05) is 0 Å². The Balaban J connectivity index is 2.22. The Bertz CT molecular complexity index is 1210. The molecule has 0 bridgehead atoms. The zero-order valence-corrected chi connectivity index (χ0v) is 20.0. The summed E-state index contributed by atoms with van der Waals surface area (Å²) < 4.78 is 0. The topological polar surface area (TPSA) is 60.7 Å². The van der Waals surface area contributed by atoms with Crippen molar-refractivity contribution in [3.8, 4) is 50.6 Å². The quantitative estimate of drug-likeness (QED) is 0.308. The molecule has 33 heavy (non-hydrogen) atoms. The first-order chi connectivity index (χ1) is 15.6. The monoisotopic (exact) mass is 438 g/mol. The first kappa shape index (κ1) is 22.5. The van der Waals surface area contributed by atoms with Gasteiger partial charge in [-0.15, -0.1) is 0 Å². The minimum absolute atomic E-state index is 0.222. The summed E-state index contributed by atoms with van der Waals surface area (Å²) in [6, 6.07) is 16.4. The van der Waals surface area contributed by atoms with Crippen molar-refractivity contribution in [3.05, 3.63) is 88.0 Å². The van der Waals surface area contributed by atoms with E-state index < -0.39 is 0 Å². The van der Waals surface area contributed by atoms with Crippen molar-refractivity contribution < 1.29 is 15.3 Å². The van der Waals surface area contributed by atoms with Crippen LogP contribution in [0.4, 0.5) is 0 Å². The maximum Gasteiger partial charge on any atom is 0.116 e. The number of aromatic hydroxyl groups is 3. The highest BCUT2D eigenvalue weighted by Gasteiger charge is 2.23. The van der Waals surface area contributed by atoms with Crippen LogP contribution in [0.25, 0.3) is 33.4 Å². The lowest BCUT2D eigenvalue weighted by Gasteiger charge is -2.25. The number of phenols is 3. The van der Waals surface area contributed by atoms with Crippen LogP contribution in [0.15, 0.2) is 54.6 Å². The molecule has 0 radical (unpaired) electrons. The minimum atomic E-state index is 0.222. The second-order valence-corrected chi connectivity index (χ2v) is 9.00. The van der Waals surface area contributed by atoms with Crippen molar-refractivity contribution in [3.63, 3.8) is 0 Å². The summed E-state index contributed by atoms with van der Waals surface area (Å²) in [6.07, 6.45) is 0. The van der Waals surface area contributed by atoms with Crippen LogP contribution in [0.3, 0.4) is 0 Å². The molecule has 3 heteroatoms. The predicted molar refractivity (Wildman–Crippen MR) is 136 cm³/mol. The molecule has 0 saturated carbocycles. The lowest BCUT2D eigenvalue weighted by molar-refractivity contribution is 0.475. The van der Waals surface area contributed by atoms with E-state index in [9.17, 15) is 15.3 Å². The van der Waals surface area contributed by atoms with E-state index in [1.807, 2.05) is 57.2 Å². The maximum absolute atomic E-state index is 10.3. The molecule has 0 heterocycles. The summed E-state index contributed by atoms with van der Waals surface area (Å²) in [5.74, 6) is 0.667. The first-order valence-corrected chi connectivity index (χ1v) is 11.1. The van der Waals surface area contributed by atoms with Crippen LogP contribution in [0.2, 0.25) is 0 Å². The summed E-state index contributed by atoms with van der Waals surface area (Å²) in [5, 5.41) is 30.9. The molecule has 0 unspecified atom stereocenters. The van der Waals surface area contributed by atoms with Crippen molar-refractivity contribution in [1.82, 2.24) is 0 Å². The number of benzene rings is 4. The van der Waals surface area contributed by atoms with Gasteiger partial charge in [-0.25, -0.2) is 0 Å². The Morgan fingerprint density at radius 3 is 0.879 bits per heavy atom. The van der Waals surface area contributed by atoms with Crippen molar-refractivity contribution in [2.75, 3.05) is 0 Å². The summed E-state index contributed by atoms with van der Waals surface area (Å²) in [5.41, 5.74) is 12.6. The number of hydrogen-bond acceptors (Lipinski definition) is 3. The van der Waals surface area contributed by atoms with E-state index >= 15 is 0 Å². The SMILES string of the molecule is Cc1ccc(O)cc1-c1c(C)c(-c2cc(O)ccc2C)c(C)c(-c2cc(O)ccc2C)c1C. The fourth-order valence-electron chi connectivity index (χ4n) is 5.07. The van der Waals surface area contributed by atoms with Gasteiger partial charge in [0.25, 0.3) is 0 Å². The predicted octanol–water partition coefficient (Wildman–Crippen LogP) is 7.65. The van der Waals surface area contributed by atoms with Crippen LogP contribution >= 0.6 is 0 Å². The van der Waals surface area contributed by atoms with Gasteiger partial charge in [-0.2, -0.15) is 0 Å². The van der Waals surface area contributed by atoms with Gasteiger partial charge in [0.15, 0.2) is 0 Å². The molecular weight excluding hydrogens is 408 g/mol. The van der Waals surface area contributed by atoms with E-state index in [0.717, 1.165) is 66.8 Å². The maximum atomic E-state index is 10.3. The van der Waals surface area contributed by atoms with Gasteiger partial charge in [0.1, 0.15) is 17.2 Å². The van der Waals surface area contributed by atoms with E-state index in [1.54, 1.807) is 18.2 Å². The van der Waals surface area contributed by atoms with Gasteiger partial charge >= 0.3 is 0 Å². The largest absolute Gasteiger partial charge is 0.508 e.